The third kappa shape index (κ3) is 13.3. The first-order valence-corrected chi connectivity index (χ1v) is 11.9. The molecule has 0 spiro atoms. The Bertz CT molecular complexity index is 705. The Morgan fingerprint density at radius 3 is 2.24 bits per heavy atom. The van der Waals surface area contributed by atoms with Gasteiger partial charge >= 0.3 is 11.9 Å². The van der Waals surface area contributed by atoms with Crippen LogP contribution in [0.4, 0.5) is 0 Å². The van der Waals surface area contributed by atoms with Gasteiger partial charge in [0, 0.05) is 37.0 Å². The molecule has 0 aliphatic carbocycles. The molecule has 34 heavy (non-hydrogen) atoms. The molecule has 0 bridgehead atoms. The van der Waals surface area contributed by atoms with E-state index in [4.69, 9.17) is 4.74 Å². The highest BCUT2D eigenvalue weighted by molar-refractivity contribution is 5.92. The van der Waals surface area contributed by atoms with Crippen LogP contribution in [0.25, 0.3) is 0 Å². The summed E-state index contributed by atoms with van der Waals surface area (Å²) in [6.45, 7) is 12.0. The monoisotopic (exact) mass is 482 g/mol. The van der Waals surface area contributed by atoms with Crippen LogP contribution in [0.15, 0.2) is 24.3 Å². The SMILES string of the molecule is C=C(C)C(=O)NC(CCNCCCOC(=O)C(=C)C)[N+](C)(C)C(CCCCCC=O)CC(=O)O. The Hall–Kier alpha value is -2.52. The maximum Gasteiger partial charge on any atom is 0.333 e. The molecule has 0 aromatic heterocycles. The van der Waals surface area contributed by atoms with Crippen LogP contribution >= 0.6 is 0 Å². The van der Waals surface area contributed by atoms with Gasteiger partial charge in [0.2, 0.25) is 0 Å². The van der Waals surface area contributed by atoms with Crippen molar-refractivity contribution < 1.29 is 33.5 Å². The zero-order chi connectivity index (χ0) is 26.1. The first-order chi connectivity index (χ1) is 15.9. The summed E-state index contributed by atoms with van der Waals surface area (Å²) in [7, 11) is 3.89. The number of amides is 1. The van der Waals surface area contributed by atoms with Gasteiger partial charge in [-0.15, -0.1) is 0 Å². The number of aliphatic carboxylic acids is 1. The van der Waals surface area contributed by atoms with Crippen molar-refractivity contribution >= 4 is 24.1 Å². The van der Waals surface area contributed by atoms with Crippen LogP contribution in [0.2, 0.25) is 0 Å². The fraction of sp³-hybridized carbons (Fsp3) is 0.680. The summed E-state index contributed by atoms with van der Waals surface area (Å²) in [4.78, 5) is 45.9. The van der Waals surface area contributed by atoms with Crippen molar-refractivity contribution in [2.75, 3.05) is 33.8 Å². The van der Waals surface area contributed by atoms with Gasteiger partial charge in [0.15, 0.2) is 6.17 Å². The van der Waals surface area contributed by atoms with E-state index in [-0.39, 0.29) is 24.5 Å². The highest BCUT2D eigenvalue weighted by atomic mass is 16.5. The average molecular weight is 483 g/mol. The number of nitrogens with one attached hydrogen (secondary N) is 2. The lowest BCUT2D eigenvalue weighted by Gasteiger charge is -2.44. The minimum absolute atomic E-state index is 0.0123. The molecule has 0 fully saturated rings. The molecule has 0 aromatic rings. The van der Waals surface area contributed by atoms with Gasteiger partial charge in [0.05, 0.1) is 27.1 Å². The third-order valence-corrected chi connectivity index (χ3v) is 5.87. The molecular formula is C25H44N3O6+. The summed E-state index contributed by atoms with van der Waals surface area (Å²) in [5, 5.41) is 15.8. The number of rotatable bonds is 20. The zero-order valence-electron chi connectivity index (χ0n) is 21.4. The molecule has 0 aromatic carbocycles. The van der Waals surface area contributed by atoms with E-state index in [2.05, 4.69) is 23.8 Å². The first-order valence-electron chi connectivity index (χ1n) is 11.9. The van der Waals surface area contributed by atoms with Crippen LogP contribution in [-0.2, 0) is 23.9 Å². The number of esters is 1. The Balaban J connectivity index is 5.06. The normalized spacial score (nSPS) is 12.9. The van der Waals surface area contributed by atoms with Gasteiger partial charge in [-0.05, 0) is 39.7 Å². The molecule has 9 nitrogen and oxygen atoms in total. The smallest absolute Gasteiger partial charge is 0.333 e. The van der Waals surface area contributed by atoms with E-state index in [1.165, 1.54) is 0 Å². The standard InChI is InChI=1S/C25H43N3O6/c1-19(2)24(32)27-22(13-15-26-14-11-17-34-25(33)20(3)4)28(5,6)21(18-23(30)31)12-9-7-8-10-16-29/h16,21-22,26H,1,3,7-15,17-18H2,2,4-6H3,(H-,27,30,31,32)/p+1. The van der Waals surface area contributed by atoms with Gasteiger partial charge in [0.1, 0.15) is 12.3 Å². The van der Waals surface area contributed by atoms with Crippen LogP contribution in [0.1, 0.15) is 65.2 Å². The van der Waals surface area contributed by atoms with Crippen LogP contribution in [-0.4, -0.2) is 79.7 Å². The van der Waals surface area contributed by atoms with Gasteiger partial charge in [-0.25, -0.2) is 4.79 Å². The number of ether oxygens (including phenoxy) is 1. The van der Waals surface area contributed by atoms with Crippen molar-refractivity contribution in [1.82, 2.24) is 10.6 Å². The van der Waals surface area contributed by atoms with E-state index >= 15 is 0 Å². The van der Waals surface area contributed by atoms with Gasteiger partial charge in [-0.2, -0.15) is 0 Å². The summed E-state index contributed by atoms with van der Waals surface area (Å²) in [5.74, 6) is -1.54. The molecule has 0 aliphatic heterocycles. The van der Waals surface area contributed by atoms with E-state index in [9.17, 15) is 24.3 Å². The first kappa shape index (κ1) is 31.5. The predicted molar refractivity (Wildman–Crippen MR) is 132 cm³/mol. The Kier molecular flexibility index (Phi) is 15.7. The van der Waals surface area contributed by atoms with Crippen LogP contribution in [0.3, 0.4) is 0 Å². The lowest BCUT2D eigenvalue weighted by Crippen LogP contribution is -2.63. The fourth-order valence-corrected chi connectivity index (χ4v) is 3.61. The molecule has 3 N–H and O–H groups in total. The minimum atomic E-state index is -0.878. The molecule has 194 valence electrons. The maximum atomic E-state index is 12.4. The maximum absolute atomic E-state index is 12.4. The van der Waals surface area contributed by atoms with Crippen LogP contribution in [0, 0.1) is 0 Å². The van der Waals surface area contributed by atoms with Gasteiger partial charge in [0.25, 0.3) is 5.91 Å². The average Bonchev–Trinajstić information content (AvgIpc) is 2.75. The molecule has 1 amide bonds. The van der Waals surface area contributed by atoms with Crippen LogP contribution in [0.5, 0.6) is 0 Å². The number of carbonyl (C=O) groups excluding carboxylic acids is 3. The molecule has 0 radical (unpaired) electrons. The number of hydrogen-bond acceptors (Lipinski definition) is 6. The van der Waals surface area contributed by atoms with E-state index in [1.54, 1.807) is 13.8 Å². The van der Waals surface area contributed by atoms with Gasteiger partial charge < -0.3 is 29.8 Å². The molecule has 9 heteroatoms. The van der Waals surface area contributed by atoms with Crippen molar-refractivity contribution in [3.63, 3.8) is 0 Å². The number of carboxylic acid groups (broad SMARTS) is 1. The fourth-order valence-electron chi connectivity index (χ4n) is 3.61. The van der Waals surface area contributed by atoms with Crippen molar-refractivity contribution in [3.8, 4) is 0 Å². The number of unbranched alkanes of at least 4 members (excludes halogenated alkanes) is 3. The highest BCUT2D eigenvalue weighted by Gasteiger charge is 2.38. The zero-order valence-corrected chi connectivity index (χ0v) is 21.4. The lowest BCUT2D eigenvalue weighted by molar-refractivity contribution is -0.941. The summed E-state index contributed by atoms with van der Waals surface area (Å²) in [6, 6.07) is -0.203. The van der Waals surface area contributed by atoms with Crippen molar-refractivity contribution in [1.29, 1.82) is 0 Å². The summed E-state index contributed by atoms with van der Waals surface area (Å²) in [6.07, 6.45) is 5.44. The second-order valence-electron chi connectivity index (χ2n) is 9.26. The van der Waals surface area contributed by atoms with Gasteiger partial charge in [-0.1, -0.05) is 19.6 Å². The van der Waals surface area contributed by atoms with Crippen LogP contribution < -0.4 is 10.6 Å². The molecule has 0 rings (SSSR count). The second-order valence-corrected chi connectivity index (χ2v) is 9.26. The predicted octanol–water partition coefficient (Wildman–Crippen LogP) is 2.56. The van der Waals surface area contributed by atoms with Crippen molar-refractivity contribution in [2.45, 2.75) is 77.4 Å². The Morgan fingerprint density at radius 1 is 1.00 bits per heavy atom. The molecule has 2 unspecified atom stereocenters. The lowest BCUT2D eigenvalue weighted by atomic mass is 10.00. The molecule has 0 saturated heterocycles. The summed E-state index contributed by atoms with van der Waals surface area (Å²) < 4.78 is 5.39. The number of carbonyl (C=O) groups is 4. The summed E-state index contributed by atoms with van der Waals surface area (Å²) >= 11 is 0. The third-order valence-electron chi connectivity index (χ3n) is 5.87. The van der Waals surface area contributed by atoms with E-state index in [0.717, 1.165) is 25.5 Å². The van der Waals surface area contributed by atoms with Crippen molar-refractivity contribution in [2.24, 2.45) is 0 Å². The molecule has 0 aliphatic rings. The minimum Gasteiger partial charge on any atom is -0.481 e. The topological polar surface area (TPSA) is 122 Å². The number of carboxylic acids is 1. The number of nitrogens with zero attached hydrogens (tertiary/aromatic N) is 1. The molecule has 0 saturated carbocycles. The number of aldehydes is 1. The summed E-state index contributed by atoms with van der Waals surface area (Å²) in [5.41, 5.74) is 0.754. The van der Waals surface area contributed by atoms with E-state index in [1.807, 2.05) is 14.1 Å². The van der Waals surface area contributed by atoms with E-state index < -0.39 is 11.9 Å². The highest BCUT2D eigenvalue weighted by Crippen LogP contribution is 2.23. The number of hydrogen-bond donors (Lipinski definition) is 3. The quantitative estimate of drug-likeness (QED) is 0.0609. The van der Waals surface area contributed by atoms with Gasteiger partial charge in [-0.3, -0.25) is 9.59 Å². The second kappa shape index (κ2) is 17.0. The van der Waals surface area contributed by atoms with E-state index in [0.29, 0.717) is 61.0 Å². The largest absolute Gasteiger partial charge is 0.481 e. The van der Waals surface area contributed by atoms with Crippen molar-refractivity contribution in [3.05, 3.63) is 24.3 Å². The molecular weight excluding hydrogens is 438 g/mol. The molecule has 0 heterocycles. The number of quaternary nitrogens is 1. The Morgan fingerprint density at radius 2 is 1.68 bits per heavy atom. The Labute approximate surface area is 204 Å². The molecule has 2 atom stereocenters.